The number of hydrogen-bond donors (Lipinski definition) is 3. The smallest absolute Gasteiger partial charge is 0.243 e. The van der Waals surface area contributed by atoms with Gasteiger partial charge in [-0.2, -0.15) is 0 Å². The van der Waals surface area contributed by atoms with Gasteiger partial charge in [-0.05, 0) is 42.5 Å². The van der Waals surface area contributed by atoms with Crippen molar-refractivity contribution in [3.63, 3.8) is 0 Å². The van der Waals surface area contributed by atoms with E-state index >= 15 is 0 Å². The molecule has 4 rings (SSSR count). The van der Waals surface area contributed by atoms with Crippen LogP contribution in [0.15, 0.2) is 54.6 Å². The Morgan fingerprint density at radius 2 is 1.54 bits per heavy atom. The molecule has 9 nitrogen and oxygen atoms in total. The van der Waals surface area contributed by atoms with Crippen LogP contribution in [0.1, 0.15) is 16.1 Å². The third-order valence-corrected chi connectivity index (χ3v) is 5.96. The number of ketones is 1. The predicted octanol–water partition coefficient (Wildman–Crippen LogP) is 5.14. The molecule has 0 unspecified atom stereocenters. The third-order valence-electron chi connectivity index (χ3n) is 5.72. The number of hydrogen-bond acceptors (Lipinski definition) is 7. The molecule has 10 heteroatoms. The number of methoxy groups -OCH3 is 4. The first-order valence-corrected chi connectivity index (χ1v) is 11.6. The van der Waals surface area contributed by atoms with Gasteiger partial charge in [0.15, 0.2) is 11.5 Å². The molecular weight excluding hydrogens is 498 g/mol. The Balaban J connectivity index is 1.60. The van der Waals surface area contributed by atoms with Gasteiger partial charge in [-0.25, -0.2) is 0 Å². The van der Waals surface area contributed by atoms with E-state index in [1.807, 2.05) is 0 Å². The lowest BCUT2D eigenvalue weighted by Crippen LogP contribution is -2.23. The molecule has 0 spiro atoms. The SMILES string of the molecule is COc1ccc(C(=O)c2[nH]c3cc(Cl)ccc3c2NC(=O)CNc2cc(OC)c(OC)c(OC)c2)cc1. The maximum absolute atomic E-state index is 13.4. The molecule has 192 valence electrons. The van der Waals surface area contributed by atoms with Crippen molar-refractivity contribution in [2.24, 2.45) is 0 Å². The molecule has 0 aliphatic rings. The Morgan fingerprint density at radius 1 is 0.865 bits per heavy atom. The van der Waals surface area contributed by atoms with Crippen LogP contribution in [0.25, 0.3) is 10.9 Å². The normalized spacial score (nSPS) is 10.6. The molecule has 0 bridgehead atoms. The van der Waals surface area contributed by atoms with E-state index < -0.39 is 0 Å². The van der Waals surface area contributed by atoms with E-state index in [0.29, 0.717) is 55.9 Å². The molecule has 3 N–H and O–H groups in total. The van der Waals surface area contributed by atoms with E-state index in [1.165, 1.54) is 21.3 Å². The lowest BCUT2D eigenvalue weighted by Gasteiger charge is -2.15. The molecule has 0 saturated carbocycles. The second-order valence-corrected chi connectivity index (χ2v) is 8.37. The maximum atomic E-state index is 13.4. The van der Waals surface area contributed by atoms with E-state index in [2.05, 4.69) is 15.6 Å². The average molecular weight is 524 g/mol. The molecule has 37 heavy (non-hydrogen) atoms. The lowest BCUT2D eigenvalue weighted by molar-refractivity contribution is -0.114. The number of halogens is 1. The Morgan fingerprint density at radius 3 is 2.14 bits per heavy atom. The number of carbonyl (C=O) groups is 2. The number of aromatic nitrogens is 1. The highest BCUT2D eigenvalue weighted by Crippen LogP contribution is 2.40. The molecule has 1 heterocycles. The monoisotopic (exact) mass is 523 g/mol. The van der Waals surface area contributed by atoms with E-state index in [1.54, 1.807) is 61.7 Å². The minimum atomic E-state index is -0.367. The number of rotatable bonds is 10. The van der Waals surface area contributed by atoms with Gasteiger partial charge in [-0.15, -0.1) is 0 Å². The molecule has 4 aromatic rings. The molecule has 0 aliphatic heterocycles. The highest BCUT2D eigenvalue weighted by Gasteiger charge is 2.21. The molecule has 0 aliphatic carbocycles. The van der Waals surface area contributed by atoms with Gasteiger partial charge in [0, 0.05) is 39.3 Å². The number of carbonyl (C=O) groups excluding carboxylic acids is 2. The lowest BCUT2D eigenvalue weighted by atomic mass is 10.1. The van der Waals surface area contributed by atoms with Crippen molar-refractivity contribution < 1.29 is 28.5 Å². The summed E-state index contributed by atoms with van der Waals surface area (Å²) in [4.78, 5) is 29.5. The van der Waals surface area contributed by atoms with Crippen molar-refractivity contribution in [3.05, 3.63) is 70.9 Å². The van der Waals surface area contributed by atoms with Gasteiger partial charge in [0.1, 0.15) is 11.4 Å². The average Bonchev–Trinajstić information content (AvgIpc) is 3.27. The largest absolute Gasteiger partial charge is 0.497 e. The van der Waals surface area contributed by atoms with Crippen molar-refractivity contribution in [2.75, 3.05) is 45.6 Å². The predicted molar refractivity (Wildman–Crippen MR) is 143 cm³/mol. The number of benzene rings is 3. The Hall–Kier alpha value is -4.37. The second-order valence-electron chi connectivity index (χ2n) is 7.94. The zero-order valence-corrected chi connectivity index (χ0v) is 21.5. The van der Waals surface area contributed by atoms with Gasteiger partial charge >= 0.3 is 0 Å². The van der Waals surface area contributed by atoms with Crippen LogP contribution in [0.4, 0.5) is 11.4 Å². The zero-order valence-electron chi connectivity index (χ0n) is 20.7. The number of H-pyrrole nitrogens is 1. The van der Waals surface area contributed by atoms with Crippen molar-refractivity contribution >= 4 is 45.6 Å². The van der Waals surface area contributed by atoms with E-state index in [-0.39, 0.29) is 23.9 Å². The Kier molecular flexibility index (Phi) is 7.74. The Bertz CT molecular complexity index is 1420. The Labute approximate surface area is 218 Å². The second kappa shape index (κ2) is 11.1. The first-order valence-electron chi connectivity index (χ1n) is 11.2. The minimum absolute atomic E-state index is 0.0882. The quantitative estimate of drug-likeness (QED) is 0.247. The van der Waals surface area contributed by atoms with Crippen LogP contribution in [0.5, 0.6) is 23.0 Å². The van der Waals surface area contributed by atoms with Crippen LogP contribution in [-0.2, 0) is 4.79 Å². The minimum Gasteiger partial charge on any atom is -0.497 e. The summed E-state index contributed by atoms with van der Waals surface area (Å²) in [5.41, 5.74) is 2.25. The summed E-state index contributed by atoms with van der Waals surface area (Å²) in [6.45, 7) is -0.0882. The number of amides is 1. The standard InChI is InChI=1S/C27H26ClN3O6/c1-34-18-8-5-15(6-9-18)26(33)25-24(19-10-7-16(28)11-20(19)30-25)31-23(32)14-29-17-12-21(35-2)27(37-4)22(13-17)36-3/h5-13,29-30H,14H2,1-4H3,(H,31,32). The molecular formula is C27H26ClN3O6. The fraction of sp³-hybridized carbons (Fsp3) is 0.185. The number of anilines is 2. The summed E-state index contributed by atoms with van der Waals surface area (Å²) < 4.78 is 21.2. The molecule has 3 aromatic carbocycles. The van der Waals surface area contributed by atoms with Crippen LogP contribution in [0.3, 0.4) is 0 Å². The number of aromatic amines is 1. The van der Waals surface area contributed by atoms with Crippen molar-refractivity contribution in [3.8, 4) is 23.0 Å². The first-order chi connectivity index (χ1) is 17.9. The highest BCUT2D eigenvalue weighted by molar-refractivity contribution is 6.31. The number of nitrogens with one attached hydrogen (secondary N) is 3. The fourth-order valence-corrected chi connectivity index (χ4v) is 4.08. The van der Waals surface area contributed by atoms with Gasteiger partial charge in [-0.3, -0.25) is 9.59 Å². The third kappa shape index (κ3) is 5.41. The first kappa shape index (κ1) is 25.7. The summed E-state index contributed by atoms with van der Waals surface area (Å²) in [6.07, 6.45) is 0. The van der Waals surface area contributed by atoms with Crippen molar-refractivity contribution in [1.82, 2.24) is 4.98 Å². The molecule has 1 aromatic heterocycles. The van der Waals surface area contributed by atoms with Crippen LogP contribution in [0, 0.1) is 0 Å². The summed E-state index contributed by atoms with van der Waals surface area (Å²) in [6, 6.07) is 15.3. The topological polar surface area (TPSA) is 111 Å². The zero-order chi connectivity index (χ0) is 26.5. The van der Waals surface area contributed by atoms with Crippen LogP contribution in [0.2, 0.25) is 5.02 Å². The van der Waals surface area contributed by atoms with E-state index in [0.717, 1.165) is 0 Å². The number of ether oxygens (including phenoxy) is 4. The fourth-order valence-electron chi connectivity index (χ4n) is 3.91. The molecule has 0 fully saturated rings. The van der Waals surface area contributed by atoms with Crippen molar-refractivity contribution in [2.45, 2.75) is 0 Å². The van der Waals surface area contributed by atoms with Gasteiger partial charge < -0.3 is 34.6 Å². The highest BCUT2D eigenvalue weighted by atomic mass is 35.5. The van der Waals surface area contributed by atoms with Gasteiger partial charge in [0.2, 0.25) is 17.4 Å². The van der Waals surface area contributed by atoms with E-state index in [9.17, 15) is 9.59 Å². The van der Waals surface area contributed by atoms with Crippen LogP contribution in [-0.4, -0.2) is 51.7 Å². The van der Waals surface area contributed by atoms with Crippen LogP contribution < -0.4 is 29.6 Å². The molecule has 0 saturated heterocycles. The molecule has 0 atom stereocenters. The number of fused-ring (bicyclic) bond motifs is 1. The maximum Gasteiger partial charge on any atom is 0.243 e. The molecule has 1 amide bonds. The van der Waals surface area contributed by atoms with Crippen LogP contribution >= 0.6 is 11.6 Å². The van der Waals surface area contributed by atoms with Gasteiger partial charge in [-0.1, -0.05) is 11.6 Å². The molecule has 0 radical (unpaired) electrons. The summed E-state index contributed by atoms with van der Waals surface area (Å²) in [5.74, 6) is 1.32. The van der Waals surface area contributed by atoms with Crippen molar-refractivity contribution in [1.29, 1.82) is 0 Å². The van der Waals surface area contributed by atoms with Gasteiger partial charge in [0.05, 0.1) is 40.7 Å². The summed E-state index contributed by atoms with van der Waals surface area (Å²) >= 11 is 6.16. The summed E-state index contributed by atoms with van der Waals surface area (Å²) in [5, 5.41) is 7.07. The summed E-state index contributed by atoms with van der Waals surface area (Å²) in [7, 11) is 6.09. The van der Waals surface area contributed by atoms with E-state index in [4.69, 9.17) is 30.5 Å². The van der Waals surface area contributed by atoms with Gasteiger partial charge in [0.25, 0.3) is 0 Å².